The monoisotopic (exact) mass is 371 g/mol. The van der Waals surface area contributed by atoms with Crippen LogP contribution in [0.4, 0.5) is 5.69 Å². The first-order chi connectivity index (χ1) is 12.0. The van der Waals surface area contributed by atoms with Gasteiger partial charge in [-0.1, -0.05) is 48.0 Å². The van der Waals surface area contributed by atoms with Gasteiger partial charge in [-0.15, -0.1) is 0 Å². The number of carbonyl (C=O) groups excluding carboxylic acids is 1. The minimum absolute atomic E-state index is 0.221. The summed E-state index contributed by atoms with van der Waals surface area (Å²) in [5.41, 5.74) is 3.98. The van der Waals surface area contributed by atoms with E-state index in [1.165, 1.54) is 0 Å². The Hall–Kier alpha value is -2.37. The van der Waals surface area contributed by atoms with Crippen molar-refractivity contribution in [3.05, 3.63) is 76.0 Å². The summed E-state index contributed by atoms with van der Waals surface area (Å²) in [6, 6.07) is 14.8. The van der Waals surface area contributed by atoms with E-state index in [9.17, 15) is 4.79 Å². The second kappa shape index (κ2) is 7.25. The summed E-state index contributed by atoms with van der Waals surface area (Å²) >= 11 is 11.4. The number of carbonyl (C=O) groups is 1. The highest BCUT2D eigenvalue weighted by Crippen LogP contribution is 2.30. The van der Waals surface area contributed by atoms with E-state index in [2.05, 4.69) is 16.0 Å². The lowest BCUT2D eigenvalue weighted by Crippen LogP contribution is -2.46. The molecule has 25 heavy (non-hydrogen) atoms. The van der Waals surface area contributed by atoms with Gasteiger partial charge in [0.1, 0.15) is 0 Å². The molecule has 1 atom stereocenters. The first-order valence-electron chi connectivity index (χ1n) is 7.87. The van der Waals surface area contributed by atoms with Crippen LogP contribution in [0.3, 0.4) is 0 Å². The number of benzene rings is 2. The molecule has 0 radical (unpaired) electrons. The third kappa shape index (κ3) is 3.67. The van der Waals surface area contributed by atoms with E-state index in [1.807, 2.05) is 50.2 Å². The first kappa shape index (κ1) is 17.5. The SMILES string of the molecule is CC1=C(C(=O)Nc2ccccc2Cl)[C@@H](c2ccccc2C)NC(=S)N1. The predicted molar refractivity (Wildman–Crippen MR) is 106 cm³/mol. The zero-order valence-electron chi connectivity index (χ0n) is 13.9. The summed E-state index contributed by atoms with van der Waals surface area (Å²) < 4.78 is 0. The molecule has 3 rings (SSSR count). The van der Waals surface area contributed by atoms with Crippen LogP contribution in [0.2, 0.25) is 5.02 Å². The Morgan fingerprint density at radius 2 is 1.80 bits per heavy atom. The van der Waals surface area contributed by atoms with Gasteiger partial charge >= 0.3 is 0 Å². The fourth-order valence-corrected chi connectivity index (χ4v) is 3.34. The van der Waals surface area contributed by atoms with Crippen LogP contribution >= 0.6 is 23.8 Å². The van der Waals surface area contributed by atoms with E-state index in [0.717, 1.165) is 16.8 Å². The third-order valence-corrected chi connectivity index (χ3v) is 4.68. The average Bonchev–Trinajstić information content (AvgIpc) is 2.56. The lowest BCUT2D eigenvalue weighted by molar-refractivity contribution is -0.113. The number of thiocarbonyl (C=S) groups is 1. The Labute approximate surface area is 157 Å². The standard InChI is InChI=1S/C19H18ClN3OS/c1-11-7-3-4-8-13(11)17-16(12(2)21-19(25)23-17)18(24)22-15-10-6-5-9-14(15)20/h3-10,17H,1-2H3,(H,22,24)(H2,21,23,25)/t17-/m1/s1. The van der Waals surface area contributed by atoms with Crippen molar-refractivity contribution < 1.29 is 4.79 Å². The minimum atomic E-state index is -0.322. The van der Waals surface area contributed by atoms with Gasteiger partial charge in [-0.25, -0.2) is 0 Å². The molecule has 128 valence electrons. The Balaban J connectivity index is 1.99. The number of aryl methyl sites for hydroxylation is 1. The summed E-state index contributed by atoms with van der Waals surface area (Å²) in [6.07, 6.45) is 0. The van der Waals surface area contributed by atoms with Crippen molar-refractivity contribution in [2.45, 2.75) is 19.9 Å². The normalized spacial score (nSPS) is 16.9. The zero-order chi connectivity index (χ0) is 18.0. The minimum Gasteiger partial charge on any atom is -0.351 e. The summed E-state index contributed by atoms with van der Waals surface area (Å²) in [4.78, 5) is 13.0. The van der Waals surface area contributed by atoms with Crippen molar-refractivity contribution in [2.24, 2.45) is 0 Å². The van der Waals surface area contributed by atoms with Gasteiger partial charge in [-0.05, 0) is 49.3 Å². The van der Waals surface area contributed by atoms with Gasteiger partial charge in [0.15, 0.2) is 5.11 Å². The highest BCUT2D eigenvalue weighted by atomic mass is 35.5. The summed E-state index contributed by atoms with van der Waals surface area (Å²) in [5, 5.41) is 10.1. The van der Waals surface area contributed by atoms with Crippen LogP contribution in [0.1, 0.15) is 24.1 Å². The fraction of sp³-hybridized carbons (Fsp3) is 0.158. The second-order valence-corrected chi connectivity index (χ2v) is 6.68. The molecule has 0 bridgehead atoms. The molecule has 0 saturated carbocycles. The molecular weight excluding hydrogens is 354 g/mol. The molecule has 0 unspecified atom stereocenters. The Kier molecular flexibility index (Phi) is 5.06. The molecule has 0 aromatic heterocycles. The van der Waals surface area contributed by atoms with Crippen molar-refractivity contribution in [1.82, 2.24) is 10.6 Å². The van der Waals surface area contributed by atoms with Crippen molar-refractivity contribution in [3.8, 4) is 0 Å². The number of hydrogen-bond acceptors (Lipinski definition) is 2. The highest BCUT2D eigenvalue weighted by Gasteiger charge is 2.30. The van der Waals surface area contributed by atoms with E-state index in [-0.39, 0.29) is 11.9 Å². The van der Waals surface area contributed by atoms with E-state index in [4.69, 9.17) is 23.8 Å². The third-order valence-electron chi connectivity index (χ3n) is 4.14. The van der Waals surface area contributed by atoms with Gasteiger partial charge in [-0.2, -0.15) is 0 Å². The van der Waals surface area contributed by atoms with Crippen LogP contribution in [-0.2, 0) is 4.79 Å². The summed E-state index contributed by atoms with van der Waals surface area (Å²) in [7, 11) is 0. The molecule has 0 fully saturated rings. The maximum Gasteiger partial charge on any atom is 0.255 e. The molecule has 4 nitrogen and oxygen atoms in total. The first-order valence-corrected chi connectivity index (χ1v) is 8.65. The molecule has 3 N–H and O–H groups in total. The molecule has 0 aliphatic carbocycles. The zero-order valence-corrected chi connectivity index (χ0v) is 15.5. The van der Waals surface area contributed by atoms with E-state index in [1.54, 1.807) is 12.1 Å². The largest absolute Gasteiger partial charge is 0.351 e. The number of halogens is 1. The van der Waals surface area contributed by atoms with E-state index < -0.39 is 0 Å². The van der Waals surface area contributed by atoms with Crippen molar-refractivity contribution >= 4 is 40.5 Å². The lowest BCUT2D eigenvalue weighted by Gasteiger charge is -2.31. The van der Waals surface area contributed by atoms with Crippen molar-refractivity contribution in [1.29, 1.82) is 0 Å². The van der Waals surface area contributed by atoms with Crippen molar-refractivity contribution in [3.63, 3.8) is 0 Å². The number of anilines is 1. The Bertz CT molecular complexity index is 878. The van der Waals surface area contributed by atoms with Crippen LogP contribution in [0.5, 0.6) is 0 Å². The summed E-state index contributed by atoms with van der Waals surface area (Å²) in [5.74, 6) is -0.221. The maximum absolute atomic E-state index is 13.0. The molecule has 1 aliphatic heterocycles. The number of hydrogen-bond donors (Lipinski definition) is 3. The average molecular weight is 372 g/mol. The molecule has 1 heterocycles. The van der Waals surface area contributed by atoms with E-state index in [0.29, 0.717) is 21.4 Å². The topological polar surface area (TPSA) is 53.2 Å². The molecule has 0 spiro atoms. The fourth-order valence-electron chi connectivity index (χ4n) is 2.89. The van der Waals surface area contributed by atoms with Gasteiger partial charge in [0, 0.05) is 5.70 Å². The number of nitrogens with one attached hydrogen (secondary N) is 3. The number of rotatable bonds is 3. The van der Waals surface area contributed by atoms with Crippen LogP contribution < -0.4 is 16.0 Å². The molecule has 2 aromatic rings. The smallest absolute Gasteiger partial charge is 0.255 e. The number of amides is 1. The Morgan fingerprint density at radius 1 is 1.12 bits per heavy atom. The molecule has 1 amide bonds. The second-order valence-electron chi connectivity index (χ2n) is 5.86. The van der Waals surface area contributed by atoms with Crippen LogP contribution in [0, 0.1) is 6.92 Å². The van der Waals surface area contributed by atoms with Crippen molar-refractivity contribution in [2.75, 3.05) is 5.32 Å². The van der Waals surface area contributed by atoms with Gasteiger partial charge in [0.2, 0.25) is 0 Å². The quantitative estimate of drug-likeness (QED) is 0.711. The Morgan fingerprint density at radius 3 is 2.52 bits per heavy atom. The van der Waals surface area contributed by atoms with Crippen LogP contribution in [-0.4, -0.2) is 11.0 Å². The highest BCUT2D eigenvalue weighted by molar-refractivity contribution is 7.80. The summed E-state index contributed by atoms with van der Waals surface area (Å²) in [6.45, 7) is 3.86. The molecular formula is C19H18ClN3OS. The number of allylic oxidation sites excluding steroid dienone is 1. The molecule has 6 heteroatoms. The molecule has 1 aliphatic rings. The lowest BCUT2D eigenvalue weighted by atomic mass is 9.92. The van der Waals surface area contributed by atoms with Gasteiger partial charge in [-0.3, -0.25) is 4.79 Å². The number of para-hydroxylation sites is 1. The maximum atomic E-state index is 13.0. The van der Waals surface area contributed by atoms with Gasteiger partial charge < -0.3 is 16.0 Å². The molecule has 2 aromatic carbocycles. The van der Waals surface area contributed by atoms with Gasteiger partial charge in [0.25, 0.3) is 5.91 Å². The van der Waals surface area contributed by atoms with E-state index >= 15 is 0 Å². The van der Waals surface area contributed by atoms with Gasteiger partial charge in [0.05, 0.1) is 22.3 Å². The van der Waals surface area contributed by atoms with Crippen LogP contribution in [0.25, 0.3) is 0 Å². The molecule has 0 saturated heterocycles. The van der Waals surface area contributed by atoms with Crippen LogP contribution in [0.15, 0.2) is 59.8 Å². The predicted octanol–water partition coefficient (Wildman–Crippen LogP) is 4.08.